The number of benzene rings is 2. The molecule has 2 rings (SSSR count). The Morgan fingerprint density at radius 3 is 2.58 bits per heavy atom. The van der Waals surface area contributed by atoms with E-state index in [4.69, 9.17) is 0 Å². The zero-order valence-electron chi connectivity index (χ0n) is 10.3. The average Bonchev–Trinajstić information content (AvgIpc) is 2.33. The summed E-state index contributed by atoms with van der Waals surface area (Å²) in [5, 5.41) is 10.0. The van der Waals surface area contributed by atoms with E-state index in [0.717, 1.165) is 22.2 Å². The number of halogens is 3. The van der Waals surface area contributed by atoms with Gasteiger partial charge in [0.2, 0.25) is 0 Å². The number of rotatable bonds is 3. The van der Waals surface area contributed by atoms with Crippen LogP contribution in [0.1, 0.15) is 22.8 Å². The van der Waals surface area contributed by atoms with Gasteiger partial charge in [0, 0.05) is 16.5 Å². The molecule has 0 fully saturated rings. The van der Waals surface area contributed by atoms with Gasteiger partial charge < -0.3 is 5.11 Å². The van der Waals surface area contributed by atoms with Crippen molar-refractivity contribution in [1.29, 1.82) is 0 Å². The Morgan fingerprint density at radius 1 is 1.16 bits per heavy atom. The lowest BCUT2D eigenvalue weighted by Crippen LogP contribution is -2.06. The topological polar surface area (TPSA) is 20.2 Å². The Balaban J connectivity index is 2.25. The Hall–Kier alpha value is -1.26. The standard InChI is InChI=1S/C15H13BrF2O/c1-9-5-14(18)12(8-13(9)17)15(19)7-10-3-2-4-11(16)6-10/h2-6,8,15,19H,7H2,1H3. The van der Waals surface area contributed by atoms with Crippen LogP contribution in [0.5, 0.6) is 0 Å². The molecule has 1 unspecified atom stereocenters. The van der Waals surface area contributed by atoms with Gasteiger partial charge in [0.25, 0.3) is 0 Å². The van der Waals surface area contributed by atoms with Crippen LogP contribution in [0.4, 0.5) is 8.78 Å². The van der Waals surface area contributed by atoms with Gasteiger partial charge in [0.15, 0.2) is 0 Å². The lowest BCUT2D eigenvalue weighted by molar-refractivity contribution is 0.173. The molecule has 19 heavy (non-hydrogen) atoms. The highest BCUT2D eigenvalue weighted by molar-refractivity contribution is 9.10. The molecular formula is C15H13BrF2O. The first kappa shape index (κ1) is 14.2. The van der Waals surface area contributed by atoms with E-state index in [1.54, 1.807) is 0 Å². The molecule has 1 atom stereocenters. The molecule has 0 bridgehead atoms. The third-order valence-electron chi connectivity index (χ3n) is 2.96. The fraction of sp³-hybridized carbons (Fsp3) is 0.200. The van der Waals surface area contributed by atoms with Gasteiger partial charge in [0.1, 0.15) is 11.6 Å². The first-order valence-electron chi connectivity index (χ1n) is 5.85. The molecular weight excluding hydrogens is 314 g/mol. The molecule has 2 aromatic carbocycles. The molecule has 4 heteroatoms. The molecule has 0 amide bonds. The second-order valence-corrected chi connectivity index (χ2v) is 5.39. The Bertz CT molecular complexity index is 599. The normalized spacial score (nSPS) is 12.5. The highest BCUT2D eigenvalue weighted by atomic mass is 79.9. The van der Waals surface area contributed by atoms with Crippen molar-refractivity contribution < 1.29 is 13.9 Å². The summed E-state index contributed by atoms with van der Waals surface area (Å²) in [4.78, 5) is 0. The molecule has 0 radical (unpaired) electrons. The third kappa shape index (κ3) is 3.39. The second kappa shape index (κ2) is 5.80. The lowest BCUT2D eigenvalue weighted by Gasteiger charge is -2.13. The summed E-state index contributed by atoms with van der Waals surface area (Å²) >= 11 is 3.33. The number of hydrogen-bond acceptors (Lipinski definition) is 1. The van der Waals surface area contributed by atoms with Crippen LogP contribution in [0.2, 0.25) is 0 Å². The van der Waals surface area contributed by atoms with E-state index in [1.165, 1.54) is 6.92 Å². The molecule has 0 aliphatic rings. The summed E-state index contributed by atoms with van der Waals surface area (Å²) in [6.07, 6.45) is -0.830. The molecule has 0 saturated carbocycles. The fourth-order valence-electron chi connectivity index (χ4n) is 1.91. The van der Waals surface area contributed by atoms with Crippen molar-refractivity contribution in [1.82, 2.24) is 0 Å². The minimum absolute atomic E-state index is 0.0110. The number of aryl methyl sites for hydroxylation is 1. The van der Waals surface area contributed by atoms with E-state index >= 15 is 0 Å². The zero-order chi connectivity index (χ0) is 14.0. The van der Waals surface area contributed by atoms with Gasteiger partial charge in [-0.2, -0.15) is 0 Å². The van der Waals surface area contributed by atoms with Gasteiger partial charge in [-0.15, -0.1) is 0 Å². The highest BCUT2D eigenvalue weighted by Gasteiger charge is 2.16. The summed E-state index contributed by atoms with van der Waals surface area (Å²) < 4.78 is 28.0. The second-order valence-electron chi connectivity index (χ2n) is 4.47. The Morgan fingerprint density at radius 2 is 1.89 bits per heavy atom. The summed E-state index contributed by atoms with van der Waals surface area (Å²) in [6, 6.07) is 9.53. The van der Waals surface area contributed by atoms with E-state index in [0.29, 0.717) is 0 Å². The van der Waals surface area contributed by atoms with E-state index in [-0.39, 0.29) is 17.5 Å². The van der Waals surface area contributed by atoms with Gasteiger partial charge in [-0.1, -0.05) is 28.1 Å². The quantitative estimate of drug-likeness (QED) is 0.891. The first-order chi connectivity index (χ1) is 8.97. The smallest absolute Gasteiger partial charge is 0.129 e. The van der Waals surface area contributed by atoms with Crippen LogP contribution >= 0.6 is 15.9 Å². The van der Waals surface area contributed by atoms with Crippen molar-refractivity contribution in [3.05, 3.63) is 69.2 Å². The van der Waals surface area contributed by atoms with Gasteiger partial charge >= 0.3 is 0 Å². The molecule has 0 aromatic heterocycles. The third-order valence-corrected chi connectivity index (χ3v) is 3.45. The molecule has 1 N–H and O–H groups in total. The minimum Gasteiger partial charge on any atom is -0.388 e. The van der Waals surface area contributed by atoms with Crippen LogP contribution < -0.4 is 0 Å². The van der Waals surface area contributed by atoms with Crippen LogP contribution in [-0.2, 0) is 6.42 Å². The van der Waals surface area contributed by atoms with Gasteiger partial charge in [-0.05, 0) is 42.3 Å². The Labute approximate surface area is 119 Å². The summed E-state index contributed by atoms with van der Waals surface area (Å²) in [5.41, 5.74) is 1.07. The Kier molecular flexibility index (Phi) is 4.32. The van der Waals surface area contributed by atoms with Crippen molar-refractivity contribution in [2.75, 3.05) is 0 Å². The number of hydrogen-bond donors (Lipinski definition) is 1. The molecule has 0 heterocycles. The van der Waals surface area contributed by atoms with Crippen molar-refractivity contribution in [2.24, 2.45) is 0 Å². The number of aliphatic hydroxyl groups excluding tert-OH is 1. The van der Waals surface area contributed by atoms with Crippen LogP contribution in [0.15, 0.2) is 40.9 Å². The maximum atomic E-state index is 13.7. The molecule has 0 spiro atoms. The van der Waals surface area contributed by atoms with Gasteiger partial charge in [-0.3, -0.25) is 0 Å². The molecule has 2 aromatic rings. The first-order valence-corrected chi connectivity index (χ1v) is 6.64. The summed E-state index contributed by atoms with van der Waals surface area (Å²) in [5.74, 6) is -1.09. The van der Waals surface area contributed by atoms with E-state index in [1.807, 2.05) is 24.3 Å². The van der Waals surface area contributed by atoms with Crippen molar-refractivity contribution in [2.45, 2.75) is 19.4 Å². The summed E-state index contributed by atoms with van der Waals surface area (Å²) in [7, 11) is 0. The molecule has 1 nitrogen and oxygen atoms in total. The van der Waals surface area contributed by atoms with Crippen molar-refractivity contribution >= 4 is 15.9 Å². The minimum atomic E-state index is -1.07. The van der Waals surface area contributed by atoms with Crippen molar-refractivity contribution in [3.63, 3.8) is 0 Å². The predicted molar refractivity (Wildman–Crippen MR) is 73.9 cm³/mol. The zero-order valence-corrected chi connectivity index (χ0v) is 11.9. The largest absolute Gasteiger partial charge is 0.388 e. The fourth-order valence-corrected chi connectivity index (χ4v) is 2.36. The monoisotopic (exact) mass is 326 g/mol. The van der Waals surface area contributed by atoms with Gasteiger partial charge in [-0.25, -0.2) is 8.78 Å². The molecule has 0 aliphatic carbocycles. The van der Waals surface area contributed by atoms with E-state index in [9.17, 15) is 13.9 Å². The average molecular weight is 327 g/mol. The SMILES string of the molecule is Cc1cc(F)c(C(O)Cc2cccc(Br)c2)cc1F. The number of aliphatic hydroxyl groups is 1. The van der Waals surface area contributed by atoms with Crippen LogP contribution in [0.3, 0.4) is 0 Å². The molecule has 100 valence electrons. The lowest BCUT2D eigenvalue weighted by atomic mass is 10.00. The van der Waals surface area contributed by atoms with E-state index in [2.05, 4.69) is 15.9 Å². The maximum absolute atomic E-state index is 13.7. The van der Waals surface area contributed by atoms with Crippen molar-refractivity contribution in [3.8, 4) is 0 Å². The van der Waals surface area contributed by atoms with Crippen LogP contribution in [-0.4, -0.2) is 5.11 Å². The molecule has 0 aliphatic heterocycles. The van der Waals surface area contributed by atoms with Crippen LogP contribution in [0, 0.1) is 18.6 Å². The highest BCUT2D eigenvalue weighted by Crippen LogP contribution is 2.24. The predicted octanol–water partition coefficient (Wildman–Crippen LogP) is 4.31. The summed E-state index contributed by atoms with van der Waals surface area (Å²) in [6.45, 7) is 1.49. The van der Waals surface area contributed by atoms with Gasteiger partial charge in [0.05, 0.1) is 6.10 Å². The van der Waals surface area contributed by atoms with E-state index < -0.39 is 17.7 Å². The molecule has 0 saturated heterocycles. The van der Waals surface area contributed by atoms with Crippen LogP contribution in [0.25, 0.3) is 0 Å². The maximum Gasteiger partial charge on any atom is 0.129 e.